The van der Waals surface area contributed by atoms with Crippen LogP contribution >= 0.6 is 31.9 Å². The van der Waals surface area contributed by atoms with Gasteiger partial charge in [-0.05, 0) is 112 Å². The average Bonchev–Trinajstić information content (AvgIpc) is 3.39. The Morgan fingerprint density at radius 1 is 0.571 bits per heavy atom. The fourth-order valence-electron chi connectivity index (χ4n) is 6.36. The van der Waals surface area contributed by atoms with Gasteiger partial charge in [-0.2, -0.15) is 0 Å². The summed E-state index contributed by atoms with van der Waals surface area (Å²) in [4.78, 5) is 0. The summed E-state index contributed by atoms with van der Waals surface area (Å²) in [6.07, 6.45) is 17.9. The second-order valence-electron chi connectivity index (χ2n) is 11.7. The van der Waals surface area contributed by atoms with Crippen LogP contribution in [-0.4, -0.2) is 6.61 Å². The van der Waals surface area contributed by atoms with Crippen LogP contribution in [0.25, 0.3) is 11.1 Å². The molecule has 0 amide bonds. The zero-order chi connectivity index (χ0) is 34.3. The summed E-state index contributed by atoms with van der Waals surface area (Å²) in [6, 6.07) is 29.9. The minimum absolute atomic E-state index is 0.578. The molecule has 0 fully saturated rings. The van der Waals surface area contributed by atoms with Gasteiger partial charge in [0.15, 0.2) is 0 Å². The molecule has 2 nitrogen and oxygen atoms in total. The van der Waals surface area contributed by atoms with Gasteiger partial charge in [-0.15, -0.1) is 6.42 Å². The van der Waals surface area contributed by atoms with Crippen molar-refractivity contribution in [2.45, 2.75) is 63.7 Å². The SMILES string of the molecule is C#CC#CC#CC#CC#COc1ccc(C2(c3ccc(OCCCCCCCCCC)cc3)c3cc(Br)ccc3-c3ccc(Br)cc32)cc1. The maximum Gasteiger partial charge on any atom is 0.140 e. The molecule has 0 heterocycles. The molecule has 0 aromatic heterocycles. The van der Waals surface area contributed by atoms with E-state index in [2.05, 4.69) is 165 Å². The van der Waals surface area contributed by atoms with Gasteiger partial charge in [-0.25, -0.2) is 0 Å². The van der Waals surface area contributed by atoms with Crippen molar-refractivity contribution in [2.24, 2.45) is 0 Å². The molecule has 0 saturated heterocycles. The first-order valence-corrected chi connectivity index (χ1v) is 18.2. The normalized spacial score (nSPS) is 11.4. The van der Waals surface area contributed by atoms with Gasteiger partial charge in [0.2, 0.25) is 0 Å². The molecule has 4 heteroatoms. The van der Waals surface area contributed by atoms with Gasteiger partial charge < -0.3 is 9.47 Å². The molecule has 0 atom stereocenters. The van der Waals surface area contributed by atoms with Crippen LogP contribution in [0.15, 0.2) is 93.9 Å². The summed E-state index contributed by atoms with van der Waals surface area (Å²) in [5, 5.41) is 0. The van der Waals surface area contributed by atoms with Gasteiger partial charge in [0.1, 0.15) is 17.6 Å². The van der Waals surface area contributed by atoms with Crippen LogP contribution in [0, 0.1) is 59.9 Å². The predicted octanol–water partition coefficient (Wildman–Crippen LogP) is 11.1. The Morgan fingerprint density at radius 2 is 1.06 bits per heavy atom. The summed E-state index contributed by atoms with van der Waals surface area (Å²) in [5.41, 5.74) is 6.52. The number of rotatable bonds is 13. The van der Waals surface area contributed by atoms with E-state index in [1.165, 1.54) is 67.2 Å². The Bertz CT molecular complexity index is 2000. The zero-order valence-electron chi connectivity index (χ0n) is 27.6. The largest absolute Gasteiger partial charge is 0.494 e. The molecule has 0 spiro atoms. The van der Waals surface area contributed by atoms with E-state index < -0.39 is 5.41 Å². The van der Waals surface area contributed by atoms with Gasteiger partial charge in [0, 0.05) is 32.6 Å². The Hall–Kier alpha value is -4.76. The number of unbranched alkanes of at least 4 members (excludes halogenated alkanes) is 7. The van der Waals surface area contributed by atoms with E-state index >= 15 is 0 Å². The molecular formula is C45H36Br2O2. The third-order valence-electron chi connectivity index (χ3n) is 8.57. The molecule has 1 aliphatic rings. The molecule has 0 aliphatic heterocycles. The molecule has 0 unspecified atom stereocenters. The van der Waals surface area contributed by atoms with Crippen molar-refractivity contribution in [2.75, 3.05) is 6.61 Å². The Labute approximate surface area is 308 Å². The van der Waals surface area contributed by atoms with Gasteiger partial charge >= 0.3 is 0 Å². The average molecular weight is 769 g/mol. The van der Waals surface area contributed by atoms with Crippen LogP contribution in [0.5, 0.6) is 11.5 Å². The van der Waals surface area contributed by atoms with Crippen molar-refractivity contribution >= 4 is 31.9 Å². The van der Waals surface area contributed by atoms with E-state index in [1.54, 1.807) is 0 Å². The molecule has 242 valence electrons. The lowest BCUT2D eigenvalue weighted by atomic mass is 9.67. The first kappa shape index (κ1) is 35.5. The van der Waals surface area contributed by atoms with Gasteiger partial charge in [0.05, 0.1) is 12.0 Å². The van der Waals surface area contributed by atoms with Crippen molar-refractivity contribution in [3.05, 3.63) is 116 Å². The second kappa shape index (κ2) is 18.1. The third-order valence-corrected chi connectivity index (χ3v) is 9.56. The van der Waals surface area contributed by atoms with Crippen molar-refractivity contribution < 1.29 is 9.47 Å². The van der Waals surface area contributed by atoms with E-state index in [9.17, 15) is 0 Å². The van der Waals surface area contributed by atoms with E-state index in [0.29, 0.717) is 5.75 Å². The molecule has 49 heavy (non-hydrogen) atoms. The number of terminal acetylenes is 1. The molecular weight excluding hydrogens is 732 g/mol. The number of hydrogen-bond donors (Lipinski definition) is 0. The first-order chi connectivity index (χ1) is 24.1. The smallest absolute Gasteiger partial charge is 0.140 e. The molecule has 0 radical (unpaired) electrons. The molecule has 1 aliphatic carbocycles. The van der Waals surface area contributed by atoms with Crippen LogP contribution in [-0.2, 0) is 5.41 Å². The summed E-state index contributed by atoms with van der Waals surface area (Å²) in [5.74, 6) is 21.6. The number of ether oxygens (including phenoxy) is 2. The molecule has 0 N–H and O–H groups in total. The third kappa shape index (κ3) is 8.83. The van der Waals surface area contributed by atoms with E-state index in [0.717, 1.165) is 38.8 Å². The lowest BCUT2D eigenvalue weighted by Crippen LogP contribution is -2.28. The maximum absolute atomic E-state index is 6.21. The van der Waals surface area contributed by atoms with E-state index in [1.807, 2.05) is 12.1 Å². The molecule has 5 rings (SSSR count). The highest BCUT2D eigenvalue weighted by Gasteiger charge is 2.46. The Kier molecular flexibility index (Phi) is 13.1. The van der Waals surface area contributed by atoms with Gasteiger partial charge in [-0.3, -0.25) is 0 Å². The van der Waals surface area contributed by atoms with Crippen molar-refractivity contribution in [1.82, 2.24) is 0 Å². The molecule has 0 saturated carbocycles. The van der Waals surface area contributed by atoms with Crippen molar-refractivity contribution in [3.8, 4) is 82.5 Å². The standard InChI is InChI=1S/C45H36Br2O2/c1-3-5-7-9-11-13-15-17-31-48-39-25-19-35(20-26-39)45(43-33-37(46)23-29-41(43)42-30-24-38(47)34-44(42)45)36-21-27-40(28-22-36)49-32-18-16-14-12-10-8-6-4-2/h1,19-30,33-34H,4,6,8,10,12,14,16,18,32H2,2H3. The van der Waals surface area contributed by atoms with Gasteiger partial charge in [0.25, 0.3) is 0 Å². The minimum Gasteiger partial charge on any atom is -0.494 e. The van der Waals surface area contributed by atoms with Gasteiger partial charge in [-0.1, -0.05) is 120 Å². The lowest BCUT2D eigenvalue weighted by molar-refractivity contribution is 0.304. The van der Waals surface area contributed by atoms with Crippen molar-refractivity contribution in [3.63, 3.8) is 0 Å². The van der Waals surface area contributed by atoms with Crippen LogP contribution in [0.4, 0.5) is 0 Å². The number of benzene rings is 4. The number of hydrogen-bond acceptors (Lipinski definition) is 2. The molecule has 4 aromatic carbocycles. The van der Waals surface area contributed by atoms with Crippen LogP contribution in [0.2, 0.25) is 0 Å². The quantitative estimate of drug-likeness (QED) is 0.0877. The maximum atomic E-state index is 6.21. The number of halogens is 2. The predicted molar refractivity (Wildman–Crippen MR) is 208 cm³/mol. The fraction of sp³-hybridized carbons (Fsp3) is 0.244. The highest BCUT2D eigenvalue weighted by Crippen LogP contribution is 2.57. The minimum atomic E-state index is -0.578. The monoisotopic (exact) mass is 766 g/mol. The van der Waals surface area contributed by atoms with E-state index in [-0.39, 0.29) is 0 Å². The topological polar surface area (TPSA) is 18.5 Å². The second-order valence-corrected chi connectivity index (χ2v) is 13.6. The molecule has 4 aromatic rings. The van der Waals surface area contributed by atoms with Crippen LogP contribution in [0.1, 0.15) is 80.5 Å². The highest BCUT2D eigenvalue weighted by atomic mass is 79.9. The Balaban J connectivity index is 1.42. The molecule has 0 bridgehead atoms. The number of fused-ring (bicyclic) bond motifs is 3. The Morgan fingerprint density at radius 3 is 1.61 bits per heavy atom. The summed E-state index contributed by atoms with van der Waals surface area (Å²) < 4.78 is 13.9. The first-order valence-electron chi connectivity index (χ1n) is 16.6. The van der Waals surface area contributed by atoms with Crippen LogP contribution in [0.3, 0.4) is 0 Å². The fourth-order valence-corrected chi connectivity index (χ4v) is 7.08. The van der Waals surface area contributed by atoms with Crippen molar-refractivity contribution in [1.29, 1.82) is 0 Å². The zero-order valence-corrected chi connectivity index (χ0v) is 30.8. The van der Waals surface area contributed by atoms with E-state index in [4.69, 9.17) is 15.9 Å². The lowest BCUT2D eigenvalue weighted by Gasteiger charge is -2.34. The summed E-state index contributed by atoms with van der Waals surface area (Å²) in [6.45, 7) is 2.99. The summed E-state index contributed by atoms with van der Waals surface area (Å²) in [7, 11) is 0. The van der Waals surface area contributed by atoms with Crippen LogP contribution < -0.4 is 9.47 Å². The highest BCUT2D eigenvalue weighted by molar-refractivity contribution is 9.10. The summed E-state index contributed by atoms with van der Waals surface area (Å²) >= 11 is 7.54.